The molecule has 0 atom stereocenters. The van der Waals surface area contributed by atoms with E-state index in [9.17, 15) is 14.9 Å². The van der Waals surface area contributed by atoms with Gasteiger partial charge in [0.15, 0.2) is 5.75 Å². The van der Waals surface area contributed by atoms with Crippen LogP contribution in [0.2, 0.25) is 0 Å². The van der Waals surface area contributed by atoms with Crippen LogP contribution in [-0.2, 0) is 12.8 Å². The summed E-state index contributed by atoms with van der Waals surface area (Å²) in [5.41, 5.74) is 5.50. The van der Waals surface area contributed by atoms with E-state index in [1.165, 1.54) is 0 Å². The van der Waals surface area contributed by atoms with Crippen molar-refractivity contribution < 1.29 is 19.1 Å². The van der Waals surface area contributed by atoms with E-state index in [4.69, 9.17) is 14.5 Å². The van der Waals surface area contributed by atoms with Gasteiger partial charge >= 0.3 is 11.9 Å². The number of carbonyl (C=O) groups is 2. The Balaban J connectivity index is 1.60. The number of carbonyl (C=O) groups excluding carboxylic acids is 2. The number of fused-ring (bicyclic) bond motifs is 1. The number of hydrogen-bond donors (Lipinski definition) is 0. The lowest BCUT2D eigenvalue weighted by Gasteiger charge is -2.16. The summed E-state index contributed by atoms with van der Waals surface area (Å²) >= 11 is 0. The Morgan fingerprint density at radius 3 is 1.74 bits per heavy atom. The largest absolute Gasteiger partial charge is 0.422 e. The third kappa shape index (κ3) is 6.32. The van der Waals surface area contributed by atoms with Gasteiger partial charge in [0.1, 0.15) is 17.3 Å². The van der Waals surface area contributed by atoms with E-state index in [0.29, 0.717) is 38.9 Å². The zero-order valence-corrected chi connectivity index (χ0v) is 24.5. The number of hydrogen-bond acceptors (Lipinski definition) is 6. The molecular weight excluding hydrogens is 536 g/mol. The second-order valence-electron chi connectivity index (χ2n) is 10.4. The monoisotopic (exact) mass is 568 g/mol. The van der Waals surface area contributed by atoms with Crippen LogP contribution in [0, 0.1) is 18.3 Å². The SMILES string of the molecule is CCCc1ccc(C(=O)Oc2ccc(OC(=O)c3ccc(CCC)cc3)c3c(C)c(C#N)c(-c4ccccc4)nc23)cc1. The zero-order chi connectivity index (χ0) is 30.3. The summed E-state index contributed by atoms with van der Waals surface area (Å²) < 4.78 is 11.8. The molecule has 0 aliphatic carbocycles. The van der Waals surface area contributed by atoms with Crippen molar-refractivity contribution in [3.63, 3.8) is 0 Å². The average molecular weight is 569 g/mol. The molecule has 6 nitrogen and oxygen atoms in total. The van der Waals surface area contributed by atoms with Crippen molar-refractivity contribution >= 4 is 22.8 Å². The Labute approximate surface area is 251 Å². The molecule has 6 heteroatoms. The van der Waals surface area contributed by atoms with Gasteiger partial charge in [-0.15, -0.1) is 0 Å². The smallest absolute Gasteiger partial charge is 0.343 e. The predicted molar refractivity (Wildman–Crippen MR) is 167 cm³/mol. The van der Waals surface area contributed by atoms with Gasteiger partial charge in [0.05, 0.1) is 27.8 Å². The van der Waals surface area contributed by atoms with Crippen molar-refractivity contribution in [1.82, 2.24) is 4.98 Å². The fourth-order valence-corrected chi connectivity index (χ4v) is 5.12. The molecular formula is C37H32N2O4. The number of aromatic nitrogens is 1. The average Bonchev–Trinajstić information content (AvgIpc) is 3.03. The van der Waals surface area contributed by atoms with Crippen LogP contribution in [0.15, 0.2) is 91.0 Å². The van der Waals surface area contributed by atoms with E-state index >= 15 is 0 Å². The van der Waals surface area contributed by atoms with Crippen LogP contribution >= 0.6 is 0 Å². The Morgan fingerprint density at radius 1 is 0.721 bits per heavy atom. The molecule has 0 saturated heterocycles. The molecule has 0 N–H and O–H groups in total. The van der Waals surface area contributed by atoms with Crippen molar-refractivity contribution in [1.29, 1.82) is 5.26 Å². The van der Waals surface area contributed by atoms with Gasteiger partial charge in [0, 0.05) is 5.56 Å². The van der Waals surface area contributed by atoms with E-state index in [-0.39, 0.29) is 11.5 Å². The second-order valence-corrected chi connectivity index (χ2v) is 10.4. The van der Waals surface area contributed by atoms with E-state index in [2.05, 4.69) is 19.9 Å². The number of pyridine rings is 1. The molecule has 0 bridgehead atoms. The lowest BCUT2D eigenvalue weighted by atomic mass is 9.97. The van der Waals surface area contributed by atoms with E-state index < -0.39 is 11.9 Å². The molecule has 0 saturated carbocycles. The Bertz CT molecular complexity index is 1820. The fraction of sp³-hybridized carbons (Fsp3) is 0.189. The van der Waals surface area contributed by atoms with Gasteiger partial charge in [0.2, 0.25) is 0 Å². The molecule has 5 rings (SSSR count). The third-order valence-corrected chi connectivity index (χ3v) is 7.33. The van der Waals surface area contributed by atoms with Crippen molar-refractivity contribution in [3.8, 4) is 28.8 Å². The van der Waals surface area contributed by atoms with Crippen LogP contribution in [-0.4, -0.2) is 16.9 Å². The van der Waals surface area contributed by atoms with E-state index in [1.807, 2.05) is 54.6 Å². The van der Waals surface area contributed by atoms with Gasteiger partial charge in [-0.3, -0.25) is 0 Å². The molecule has 43 heavy (non-hydrogen) atoms. The second kappa shape index (κ2) is 13.1. The minimum Gasteiger partial charge on any atom is -0.422 e. The highest BCUT2D eigenvalue weighted by Crippen LogP contribution is 2.39. The summed E-state index contributed by atoms with van der Waals surface area (Å²) in [7, 11) is 0. The third-order valence-electron chi connectivity index (χ3n) is 7.33. The summed E-state index contributed by atoms with van der Waals surface area (Å²) in [5.74, 6) is -0.647. The van der Waals surface area contributed by atoms with Crippen LogP contribution in [0.4, 0.5) is 0 Å². The molecule has 0 spiro atoms. The van der Waals surface area contributed by atoms with E-state index in [0.717, 1.165) is 42.4 Å². The number of esters is 2. The zero-order valence-electron chi connectivity index (χ0n) is 24.5. The molecule has 1 heterocycles. The van der Waals surface area contributed by atoms with Gasteiger partial charge in [-0.25, -0.2) is 14.6 Å². The molecule has 4 aromatic carbocycles. The van der Waals surface area contributed by atoms with Gasteiger partial charge in [-0.2, -0.15) is 5.26 Å². The van der Waals surface area contributed by atoms with Crippen molar-refractivity contribution in [2.24, 2.45) is 0 Å². The van der Waals surface area contributed by atoms with Gasteiger partial charge < -0.3 is 9.47 Å². The first-order valence-corrected chi connectivity index (χ1v) is 14.5. The standard InChI is InChI=1S/C37H32N2O4/c1-4-9-25-13-17-28(18-14-25)36(40)42-31-21-22-32(43-37(41)29-19-15-26(10-5-2)16-20-29)35-33(31)24(3)30(23-38)34(39-35)27-11-7-6-8-12-27/h6-8,11-22H,4-5,9-10H2,1-3H3. The highest BCUT2D eigenvalue weighted by atomic mass is 16.5. The van der Waals surface area contributed by atoms with Crippen molar-refractivity contribution in [2.75, 3.05) is 0 Å². The number of nitrogens with zero attached hydrogens (tertiary/aromatic N) is 2. The minimum atomic E-state index is -0.536. The number of nitriles is 1. The van der Waals surface area contributed by atoms with Crippen LogP contribution in [0.5, 0.6) is 11.5 Å². The summed E-state index contributed by atoms with van der Waals surface area (Å²) in [6.45, 7) is 5.99. The molecule has 0 aliphatic heterocycles. The van der Waals surface area contributed by atoms with Gasteiger partial charge in [-0.1, -0.05) is 81.3 Å². The molecule has 1 aromatic heterocycles. The predicted octanol–water partition coefficient (Wildman–Crippen LogP) is 8.43. The highest BCUT2D eigenvalue weighted by molar-refractivity contribution is 6.01. The van der Waals surface area contributed by atoms with Crippen LogP contribution in [0.1, 0.15) is 69.7 Å². The number of ether oxygens (including phenoxy) is 2. The maximum absolute atomic E-state index is 13.2. The van der Waals surface area contributed by atoms with Crippen LogP contribution in [0.3, 0.4) is 0 Å². The highest BCUT2D eigenvalue weighted by Gasteiger charge is 2.23. The lowest BCUT2D eigenvalue weighted by Crippen LogP contribution is -2.12. The van der Waals surface area contributed by atoms with Gasteiger partial charge in [0.25, 0.3) is 0 Å². The quantitative estimate of drug-likeness (QED) is 0.131. The molecule has 0 amide bonds. The van der Waals surface area contributed by atoms with Crippen molar-refractivity contribution in [2.45, 2.75) is 46.5 Å². The number of aryl methyl sites for hydroxylation is 3. The molecule has 214 valence electrons. The molecule has 0 unspecified atom stereocenters. The van der Waals surface area contributed by atoms with E-state index in [1.54, 1.807) is 43.3 Å². The molecule has 0 radical (unpaired) electrons. The Morgan fingerprint density at radius 2 is 1.23 bits per heavy atom. The first-order valence-electron chi connectivity index (χ1n) is 14.5. The fourth-order valence-electron chi connectivity index (χ4n) is 5.12. The Kier molecular flexibility index (Phi) is 8.93. The minimum absolute atomic E-state index is 0.200. The maximum Gasteiger partial charge on any atom is 0.343 e. The number of benzene rings is 4. The molecule has 0 aliphatic rings. The summed E-state index contributed by atoms with van der Waals surface area (Å²) in [4.78, 5) is 31.3. The van der Waals surface area contributed by atoms with Crippen LogP contribution < -0.4 is 9.47 Å². The topological polar surface area (TPSA) is 89.3 Å². The first kappa shape index (κ1) is 29.2. The summed E-state index contributed by atoms with van der Waals surface area (Å²) in [5, 5.41) is 10.6. The van der Waals surface area contributed by atoms with Crippen LogP contribution in [0.25, 0.3) is 22.2 Å². The summed E-state index contributed by atoms with van der Waals surface area (Å²) in [6.07, 6.45) is 3.87. The van der Waals surface area contributed by atoms with Crippen molar-refractivity contribution in [3.05, 3.63) is 124 Å². The lowest BCUT2D eigenvalue weighted by molar-refractivity contribution is 0.0722. The maximum atomic E-state index is 13.2. The normalized spacial score (nSPS) is 10.7. The van der Waals surface area contributed by atoms with Gasteiger partial charge in [-0.05, 0) is 72.9 Å². The molecule has 0 fully saturated rings. The first-order chi connectivity index (χ1) is 20.9. The summed E-state index contributed by atoms with van der Waals surface area (Å²) in [6, 6.07) is 29.4. The Hall–Kier alpha value is -5.28. The number of rotatable bonds is 9. The molecule has 5 aromatic rings.